The van der Waals surface area contributed by atoms with Crippen molar-refractivity contribution in [3.63, 3.8) is 0 Å². The van der Waals surface area contributed by atoms with Crippen molar-refractivity contribution in [1.82, 2.24) is 14.6 Å². The lowest BCUT2D eigenvalue weighted by Gasteiger charge is -2.10. The zero-order valence-corrected chi connectivity index (χ0v) is 14.4. The van der Waals surface area contributed by atoms with E-state index in [2.05, 4.69) is 14.8 Å². The van der Waals surface area contributed by atoms with Crippen LogP contribution in [0.2, 0.25) is 0 Å². The third-order valence-corrected chi connectivity index (χ3v) is 5.89. The minimum Gasteiger partial charge on any atom is -0.278 e. The summed E-state index contributed by atoms with van der Waals surface area (Å²) in [5.41, 5.74) is 1.18. The van der Waals surface area contributed by atoms with E-state index in [4.69, 9.17) is 0 Å². The van der Waals surface area contributed by atoms with Crippen molar-refractivity contribution in [2.24, 2.45) is 0 Å². The Morgan fingerprint density at radius 1 is 1.35 bits per heavy atom. The van der Waals surface area contributed by atoms with Crippen LogP contribution < -0.4 is 4.72 Å². The Bertz CT molecular complexity index is 992. The van der Waals surface area contributed by atoms with Gasteiger partial charge in [-0.05, 0) is 38.0 Å². The summed E-state index contributed by atoms with van der Waals surface area (Å²) in [6, 6.07) is 3.95. The van der Waals surface area contributed by atoms with E-state index in [1.807, 2.05) is 6.92 Å². The number of anilines is 1. The first-order chi connectivity index (χ1) is 10.8. The van der Waals surface area contributed by atoms with Gasteiger partial charge in [0, 0.05) is 0 Å². The Hall–Kier alpha value is -2.00. The number of halogens is 1. The normalized spacial score (nSPS) is 12.0. The SMILES string of the molecule is CCc1nn2c(S(=O)(=O)Nc3cc(F)ccc3C)c(C)nc2s1. The lowest BCUT2D eigenvalue weighted by molar-refractivity contribution is 0.592. The Balaban J connectivity index is 2.10. The summed E-state index contributed by atoms with van der Waals surface area (Å²) in [7, 11) is -3.93. The van der Waals surface area contributed by atoms with Crippen molar-refractivity contribution in [2.75, 3.05) is 4.72 Å². The van der Waals surface area contributed by atoms with Crippen molar-refractivity contribution in [2.45, 2.75) is 32.2 Å². The molecule has 3 aromatic rings. The van der Waals surface area contributed by atoms with Gasteiger partial charge in [0.15, 0.2) is 0 Å². The molecule has 0 bridgehead atoms. The average molecular weight is 354 g/mol. The molecule has 1 aromatic carbocycles. The Morgan fingerprint density at radius 3 is 2.78 bits per heavy atom. The molecule has 0 spiro atoms. The second-order valence-electron chi connectivity index (χ2n) is 5.11. The van der Waals surface area contributed by atoms with E-state index < -0.39 is 15.8 Å². The summed E-state index contributed by atoms with van der Waals surface area (Å²) in [4.78, 5) is 4.78. The molecule has 9 heteroatoms. The molecule has 23 heavy (non-hydrogen) atoms. The number of rotatable bonds is 4. The Labute approximate surface area is 137 Å². The van der Waals surface area contributed by atoms with Gasteiger partial charge in [0.25, 0.3) is 10.0 Å². The summed E-state index contributed by atoms with van der Waals surface area (Å²) in [5, 5.41) is 5.06. The number of nitrogens with zero attached hydrogens (tertiary/aromatic N) is 3. The molecule has 122 valence electrons. The zero-order chi connectivity index (χ0) is 16.8. The Kier molecular flexibility index (Phi) is 3.85. The van der Waals surface area contributed by atoms with Gasteiger partial charge in [0.1, 0.15) is 10.8 Å². The number of aryl methyl sites for hydroxylation is 3. The molecular weight excluding hydrogens is 339 g/mol. The maximum absolute atomic E-state index is 13.4. The van der Waals surface area contributed by atoms with Crippen molar-refractivity contribution >= 4 is 32.0 Å². The maximum atomic E-state index is 13.4. The smallest absolute Gasteiger partial charge is 0.278 e. The topological polar surface area (TPSA) is 76.4 Å². The van der Waals surface area contributed by atoms with Crippen molar-refractivity contribution in [3.05, 3.63) is 40.3 Å². The lowest BCUT2D eigenvalue weighted by atomic mass is 10.2. The second-order valence-corrected chi connectivity index (χ2v) is 7.75. The van der Waals surface area contributed by atoms with Crippen LogP contribution in [-0.4, -0.2) is 23.0 Å². The van der Waals surface area contributed by atoms with Gasteiger partial charge in [-0.15, -0.1) is 0 Å². The van der Waals surface area contributed by atoms with Crippen LogP contribution in [-0.2, 0) is 16.4 Å². The molecule has 0 radical (unpaired) electrons. The molecule has 1 N–H and O–H groups in total. The number of fused-ring (bicyclic) bond motifs is 1. The van der Waals surface area contributed by atoms with Gasteiger partial charge in [0.05, 0.1) is 11.4 Å². The van der Waals surface area contributed by atoms with Crippen LogP contribution in [0.4, 0.5) is 10.1 Å². The fourth-order valence-corrected chi connectivity index (χ4v) is 4.55. The van der Waals surface area contributed by atoms with Crippen molar-refractivity contribution in [1.29, 1.82) is 0 Å². The molecule has 6 nitrogen and oxygen atoms in total. The summed E-state index contributed by atoms with van der Waals surface area (Å²) < 4.78 is 42.6. The van der Waals surface area contributed by atoms with E-state index in [1.165, 1.54) is 28.0 Å². The fourth-order valence-electron chi connectivity index (χ4n) is 2.22. The molecular formula is C14H15FN4O2S2. The monoisotopic (exact) mass is 354 g/mol. The van der Waals surface area contributed by atoms with Gasteiger partial charge < -0.3 is 0 Å². The Morgan fingerprint density at radius 2 is 2.09 bits per heavy atom. The summed E-state index contributed by atoms with van der Waals surface area (Å²) in [6.07, 6.45) is 0.697. The number of imidazole rings is 1. The predicted octanol–water partition coefficient (Wildman–Crippen LogP) is 2.91. The highest BCUT2D eigenvalue weighted by molar-refractivity contribution is 7.92. The van der Waals surface area contributed by atoms with E-state index in [-0.39, 0.29) is 10.7 Å². The first-order valence-corrected chi connectivity index (χ1v) is 9.26. The van der Waals surface area contributed by atoms with Crippen LogP contribution in [0.5, 0.6) is 0 Å². The number of sulfonamides is 1. The molecule has 0 unspecified atom stereocenters. The molecule has 0 fully saturated rings. The van der Waals surface area contributed by atoms with Gasteiger partial charge in [0.2, 0.25) is 9.99 Å². The minimum absolute atomic E-state index is 0.0212. The number of nitrogens with one attached hydrogen (secondary N) is 1. The highest BCUT2D eigenvalue weighted by atomic mass is 32.2. The molecule has 0 amide bonds. The first-order valence-electron chi connectivity index (χ1n) is 6.96. The highest BCUT2D eigenvalue weighted by Gasteiger charge is 2.26. The van der Waals surface area contributed by atoms with Crippen LogP contribution in [0.25, 0.3) is 4.96 Å². The molecule has 0 saturated heterocycles. The van der Waals surface area contributed by atoms with Crippen LogP contribution in [0.1, 0.15) is 23.2 Å². The maximum Gasteiger partial charge on any atom is 0.281 e. The van der Waals surface area contributed by atoms with Crippen LogP contribution in [0.15, 0.2) is 23.2 Å². The lowest BCUT2D eigenvalue weighted by Crippen LogP contribution is -2.17. The van der Waals surface area contributed by atoms with E-state index in [0.717, 1.165) is 11.1 Å². The van der Waals surface area contributed by atoms with Crippen LogP contribution in [0.3, 0.4) is 0 Å². The number of hydrogen-bond donors (Lipinski definition) is 1. The zero-order valence-electron chi connectivity index (χ0n) is 12.8. The van der Waals surface area contributed by atoms with Gasteiger partial charge in [-0.1, -0.05) is 24.3 Å². The molecule has 3 rings (SSSR count). The molecule has 0 aliphatic rings. The molecule has 0 aliphatic heterocycles. The van der Waals surface area contributed by atoms with E-state index in [0.29, 0.717) is 22.6 Å². The van der Waals surface area contributed by atoms with Gasteiger partial charge in [-0.3, -0.25) is 4.72 Å². The minimum atomic E-state index is -3.93. The van der Waals surface area contributed by atoms with E-state index >= 15 is 0 Å². The molecule has 0 atom stereocenters. The largest absolute Gasteiger partial charge is 0.281 e. The first kappa shape index (κ1) is 15.9. The summed E-state index contributed by atoms with van der Waals surface area (Å²) in [6.45, 7) is 5.25. The van der Waals surface area contributed by atoms with E-state index in [1.54, 1.807) is 13.8 Å². The summed E-state index contributed by atoms with van der Waals surface area (Å²) in [5.74, 6) is -0.509. The van der Waals surface area contributed by atoms with Gasteiger partial charge >= 0.3 is 0 Å². The van der Waals surface area contributed by atoms with Gasteiger partial charge in [-0.2, -0.15) is 18.0 Å². The highest BCUT2D eigenvalue weighted by Crippen LogP contribution is 2.25. The van der Waals surface area contributed by atoms with Crippen molar-refractivity contribution in [3.8, 4) is 0 Å². The van der Waals surface area contributed by atoms with Crippen LogP contribution in [0, 0.1) is 19.7 Å². The van der Waals surface area contributed by atoms with Crippen molar-refractivity contribution < 1.29 is 12.8 Å². The average Bonchev–Trinajstić information content (AvgIpc) is 2.98. The van der Waals surface area contributed by atoms with Crippen LogP contribution >= 0.6 is 11.3 Å². The fraction of sp³-hybridized carbons (Fsp3) is 0.286. The number of aromatic nitrogens is 3. The predicted molar refractivity (Wildman–Crippen MR) is 86.9 cm³/mol. The molecule has 0 aliphatic carbocycles. The van der Waals surface area contributed by atoms with Gasteiger partial charge in [-0.25, -0.2) is 9.37 Å². The molecule has 0 saturated carbocycles. The number of hydrogen-bond acceptors (Lipinski definition) is 5. The second kappa shape index (κ2) is 5.57. The quantitative estimate of drug-likeness (QED) is 0.781. The number of benzene rings is 1. The molecule has 2 aromatic heterocycles. The third-order valence-electron chi connectivity index (χ3n) is 3.37. The third kappa shape index (κ3) is 2.81. The summed E-state index contributed by atoms with van der Waals surface area (Å²) >= 11 is 1.35. The molecule has 2 heterocycles. The van der Waals surface area contributed by atoms with E-state index in [9.17, 15) is 12.8 Å². The standard InChI is InChI=1S/C14H15FN4O2S2/c1-4-12-17-19-13(9(3)16-14(19)22-12)23(20,21)18-11-7-10(15)6-5-8(11)2/h5-7,18H,4H2,1-3H3.